The van der Waals surface area contributed by atoms with Crippen LogP contribution in [0.15, 0.2) is 24.5 Å². The number of likely N-dealkylation sites (tertiary alicyclic amines) is 1. The molecule has 0 aliphatic carbocycles. The summed E-state index contributed by atoms with van der Waals surface area (Å²) < 4.78 is 0. The van der Waals surface area contributed by atoms with Crippen molar-refractivity contribution in [2.45, 2.75) is 25.3 Å². The highest BCUT2D eigenvalue weighted by Crippen LogP contribution is 2.17. The van der Waals surface area contributed by atoms with E-state index in [9.17, 15) is 9.59 Å². The average molecular weight is 246 g/mol. The van der Waals surface area contributed by atoms with Crippen LogP contribution in [0.1, 0.15) is 18.4 Å². The molecular formula is C13H16N3O2. The number of primary amides is 1. The normalized spacial score (nSPS) is 19.6. The molecule has 1 atom stereocenters. The summed E-state index contributed by atoms with van der Waals surface area (Å²) in [6, 6.07) is 3.11. The van der Waals surface area contributed by atoms with Gasteiger partial charge >= 0.3 is 0 Å². The number of amides is 2. The molecule has 0 aromatic carbocycles. The molecule has 1 aliphatic heterocycles. The Bertz CT molecular complexity index is 433. The molecule has 2 heterocycles. The Morgan fingerprint density at radius 3 is 2.78 bits per heavy atom. The van der Waals surface area contributed by atoms with Crippen LogP contribution in [-0.2, 0) is 16.0 Å². The van der Waals surface area contributed by atoms with Crippen LogP contribution in [-0.4, -0.2) is 34.3 Å². The first-order chi connectivity index (χ1) is 8.68. The molecule has 5 heteroatoms. The Hall–Kier alpha value is -1.91. The minimum Gasteiger partial charge on any atom is -0.368 e. The van der Waals surface area contributed by atoms with Gasteiger partial charge in [-0.3, -0.25) is 14.6 Å². The number of rotatable bonds is 3. The van der Waals surface area contributed by atoms with Crippen LogP contribution >= 0.6 is 0 Å². The van der Waals surface area contributed by atoms with E-state index in [-0.39, 0.29) is 12.3 Å². The highest BCUT2D eigenvalue weighted by Gasteiger charge is 2.30. The maximum atomic E-state index is 12.2. The van der Waals surface area contributed by atoms with Crippen LogP contribution in [0.4, 0.5) is 0 Å². The maximum Gasteiger partial charge on any atom is 0.240 e. The molecule has 1 aliphatic rings. The minimum absolute atomic E-state index is 0.0573. The first-order valence-electron chi connectivity index (χ1n) is 5.98. The molecule has 5 nitrogen and oxygen atoms in total. The van der Waals surface area contributed by atoms with Crippen molar-refractivity contribution in [3.8, 4) is 0 Å². The summed E-state index contributed by atoms with van der Waals surface area (Å²) in [7, 11) is 0. The van der Waals surface area contributed by atoms with Crippen molar-refractivity contribution < 1.29 is 9.59 Å². The van der Waals surface area contributed by atoms with Gasteiger partial charge in [-0.05, 0) is 37.0 Å². The predicted octanol–water partition coefficient (Wildman–Crippen LogP) is 0.305. The number of nitrogens with two attached hydrogens (primary N) is 1. The van der Waals surface area contributed by atoms with Crippen molar-refractivity contribution in [3.63, 3.8) is 0 Å². The second-order valence-corrected chi connectivity index (χ2v) is 4.35. The van der Waals surface area contributed by atoms with Crippen LogP contribution in [0, 0.1) is 6.42 Å². The molecule has 1 aromatic heterocycles. The quantitative estimate of drug-likeness (QED) is 0.833. The van der Waals surface area contributed by atoms with Gasteiger partial charge in [0.25, 0.3) is 0 Å². The van der Waals surface area contributed by atoms with E-state index < -0.39 is 11.9 Å². The van der Waals surface area contributed by atoms with Gasteiger partial charge in [0.1, 0.15) is 6.04 Å². The highest BCUT2D eigenvalue weighted by atomic mass is 16.2. The lowest BCUT2D eigenvalue weighted by Crippen LogP contribution is -2.51. The monoisotopic (exact) mass is 246 g/mol. The number of nitrogens with zero attached hydrogens (tertiary/aromatic N) is 2. The molecular weight excluding hydrogens is 230 g/mol. The second-order valence-electron chi connectivity index (χ2n) is 4.35. The van der Waals surface area contributed by atoms with E-state index in [1.165, 1.54) is 0 Å². The summed E-state index contributed by atoms with van der Waals surface area (Å²) in [5.41, 5.74) is 6.22. The zero-order valence-corrected chi connectivity index (χ0v) is 10.1. The van der Waals surface area contributed by atoms with Crippen LogP contribution in [0.3, 0.4) is 0 Å². The van der Waals surface area contributed by atoms with Gasteiger partial charge in [-0.1, -0.05) is 0 Å². The van der Waals surface area contributed by atoms with Gasteiger partial charge in [-0.15, -0.1) is 0 Å². The fraction of sp³-hybridized carbons (Fsp3) is 0.385. The van der Waals surface area contributed by atoms with Crippen molar-refractivity contribution in [2.24, 2.45) is 5.73 Å². The Kier molecular flexibility index (Phi) is 3.92. The summed E-state index contributed by atoms with van der Waals surface area (Å²) in [4.78, 5) is 29.0. The van der Waals surface area contributed by atoms with Crippen molar-refractivity contribution in [1.82, 2.24) is 9.88 Å². The van der Waals surface area contributed by atoms with E-state index in [4.69, 9.17) is 5.73 Å². The maximum absolute atomic E-state index is 12.2. The molecule has 95 valence electrons. The highest BCUT2D eigenvalue weighted by molar-refractivity contribution is 5.87. The van der Waals surface area contributed by atoms with Gasteiger partial charge in [-0.2, -0.15) is 0 Å². The first-order valence-corrected chi connectivity index (χ1v) is 5.98. The van der Waals surface area contributed by atoms with Crippen molar-refractivity contribution in [2.75, 3.05) is 6.54 Å². The van der Waals surface area contributed by atoms with Crippen molar-refractivity contribution >= 4 is 11.8 Å². The molecule has 1 fully saturated rings. The van der Waals surface area contributed by atoms with Gasteiger partial charge in [0, 0.05) is 18.9 Å². The molecule has 1 unspecified atom stereocenters. The summed E-state index contributed by atoms with van der Waals surface area (Å²) in [6.07, 6.45) is 6.96. The summed E-state index contributed by atoms with van der Waals surface area (Å²) in [6.45, 7) is 0.567. The first kappa shape index (κ1) is 12.5. The standard InChI is InChI=1S/C13H16N3O2/c14-13(18)11-3-1-2-8-16(11)12(17)9-10-4-6-15-7-5-10/h1,4-7,11H,2-3,8-9H2,(H2,14,18). The molecule has 1 radical (unpaired) electrons. The largest absolute Gasteiger partial charge is 0.368 e. The van der Waals surface area contributed by atoms with Gasteiger partial charge in [0.05, 0.1) is 6.42 Å². The van der Waals surface area contributed by atoms with Crippen LogP contribution in [0.5, 0.6) is 0 Å². The SMILES string of the molecule is NC(=O)C1C[CH]CCN1C(=O)Cc1ccncc1. The Morgan fingerprint density at radius 2 is 2.11 bits per heavy atom. The van der Waals surface area contributed by atoms with Gasteiger partial charge < -0.3 is 10.6 Å². The molecule has 18 heavy (non-hydrogen) atoms. The number of hydrogen-bond acceptors (Lipinski definition) is 3. The number of carbonyl (C=O) groups excluding carboxylic acids is 2. The molecule has 2 amide bonds. The van der Waals surface area contributed by atoms with E-state index in [2.05, 4.69) is 4.98 Å². The van der Waals surface area contributed by atoms with E-state index >= 15 is 0 Å². The lowest BCUT2D eigenvalue weighted by atomic mass is 10.0. The molecule has 0 spiro atoms. The van der Waals surface area contributed by atoms with E-state index in [0.29, 0.717) is 13.0 Å². The third-order valence-corrected chi connectivity index (χ3v) is 3.09. The van der Waals surface area contributed by atoms with Gasteiger partial charge in [0.2, 0.25) is 11.8 Å². The molecule has 1 saturated heterocycles. The number of hydrogen-bond donors (Lipinski definition) is 1. The molecule has 1 aromatic rings. The average Bonchev–Trinajstić information content (AvgIpc) is 2.40. The lowest BCUT2D eigenvalue weighted by molar-refractivity contribution is -0.139. The number of aromatic nitrogens is 1. The third-order valence-electron chi connectivity index (χ3n) is 3.09. The molecule has 0 saturated carbocycles. The summed E-state index contributed by atoms with van der Waals surface area (Å²) in [5.74, 6) is -0.493. The fourth-order valence-electron chi connectivity index (χ4n) is 2.13. The Morgan fingerprint density at radius 1 is 1.39 bits per heavy atom. The van der Waals surface area contributed by atoms with Crippen molar-refractivity contribution in [1.29, 1.82) is 0 Å². The van der Waals surface area contributed by atoms with Crippen LogP contribution in [0.25, 0.3) is 0 Å². The molecule has 2 N–H and O–H groups in total. The smallest absolute Gasteiger partial charge is 0.240 e. The summed E-state index contributed by atoms with van der Waals surface area (Å²) >= 11 is 0. The second kappa shape index (κ2) is 5.62. The zero-order chi connectivity index (χ0) is 13.0. The van der Waals surface area contributed by atoms with Crippen LogP contribution < -0.4 is 5.73 Å². The van der Waals surface area contributed by atoms with E-state index in [1.54, 1.807) is 29.4 Å². The third kappa shape index (κ3) is 2.85. The van der Waals surface area contributed by atoms with Crippen molar-refractivity contribution in [3.05, 3.63) is 36.5 Å². The van der Waals surface area contributed by atoms with Crippen LogP contribution in [0.2, 0.25) is 0 Å². The molecule has 0 bridgehead atoms. The topological polar surface area (TPSA) is 76.3 Å². The van der Waals surface area contributed by atoms with Gasteiger partial charge in [-0.25, -0.2) is 0 Å². The lowest BCUT2D eigenvalue weighted by Gasteiger charge is -2.33. The minimum atomic E-state index is -0.493. The van der Waals surface area contributed by atoms with E-state index in [0.717, 1.165) is 12.0 Å². The Balaban J connectivity index is 2.05. The number of piperidine rings is 1. The zero-order valence-electron chi connectivity index (χ0n) is 10.1. The van der Waals surface area contributed by atoms with E-state index in [1.807, 2.05) is 6.42 Å². The predicted molar refractivity (Wildman–Crippen MR) is 66.2 cm³/mol. The van der Waals surface area contributed by atoms with Gasteiger partial charge in [0.15, 0.2) is 0 Å². The molecule has 2 rings (SSSR count). The number of pyridine rings is 1. The number of carbonyl (C=O) groups is 2. The fourth-order valence-corrected chi connectivity index (χ4v) is 2.13. The summed E-state index contributed by atoms with van der Waals surface area (Å²) in [5, 5.41) is 0. The Labute approximate surface area is 106 Å².